The molecule has 3 rings (SSSR count). The lowest BCUT2D eigenvalue weighted by atomic mass is 9.94. The number of fused-ring (bicyclic) bond motifs is 1. The molecule has 0 radical (unpaired) electrons. The SMILES string of the molecule is Cc1c(C2CC(N)c3ccc(Br)cc3O2)cnn1C. The summed E-state index contributed by atoms with van der Waals surface area (Å²) in [7, 11) is 1.94. The fourth-order valence-corrected chi connectivity index (χ4v) is 2.84. The summed E-state index contributed by atoms with van der Waals surface area (Å²) < 4.78 is 8.96. The Morgan fingerprint density at radius 3 is 2.89 bits per heavy atom. The maximum absolute atomic E-state index is 6.26. The van der Waals surface area contributed by atoms with E-state index in [4.69, 9.17) is 10.5 Å². The lowest BCUT2D eigenvalue weighted by Crippen LogP contribution is -2.24. The molecule has 0 saturated heterocycles. The van der Waals surface area contributed by atoms with E-state index in [1.165, 1.54) is 0 Å². The molecule has 2 aromatic rings. The average molecular weight is 322 g/mol. The van der Waals surface area contributed by atoms with Crippen LogP contribution in [0.2, 0.25) is 0 Å². The number of nitrogens with zero attached hydrogens (tertiary/aromatic N) is 2. The van der Waals surface area contributed by atoms with Crippen LogP contribution in [0.5, 0.6) is 5.75 Å². The number of ether oxygens (including phenoxy) is 1. The van der Waals surface area contributed by atoms with Gasteiger partial charge in [0.25, 0.3) is 0 Å². The Labute approximate surface area is 120 Å². The van der Waals surface area contributed by atoms with E-state index >= 15 is 0 Å². The first kappa shape index (κ1) is 12.7. The smallest absolute Gasteiger partial charge is 0.129 e. The van der Waals surface area contributed by atoms with Crippen LogP contribution in [0.1, 0.15) is 35.4 Å². The number of hydrogen-bond donors (Lipinski definition) is 1. The minimum atomic E-state index is -0.0227. The molecule has 2 heterocycles. The standard InChI is InChI=1S/C14H16BrN3O/c1-8-11(7-17-18(8)2)14-6-12(16)10-4-3-9(15)5-13(10)19-14/h3-5,7,12,14H,6,16H2,1-2H3. The highest BCUT2D eigenvalue weighted by atomic mass is 79.9. The van der Waals surface area contributed by atoms with Crippen molar-refractivity contribution < 1.29 is 4.74 Å². The van der Waals surface area contributed by atoms with Crippen molar-refractivity contribution >= 4 is 15.9 Å². The summed E-state index contributed by atoms with van der Waals surface area (Å²) >= 11 is 3.47. The summed E-state index contributed by atoms with van der Waals surface area (Å²) in [6.45, 7) is 2.05. The van der Waals surface area contributed by atoms with Crippen molar-refractivity contribution in [1.82, 2.24) is 9.78 Å². The van der Waals surface area contributed by atoms with Crippen LogP contribution in [0.3, 0.4) is 0 Å². The highest BCUT2D eigenvalue weighted by Gasteiger charge is 2.29. The van der Waals surface area contributed by atoms with Crippen molar-refractivity contribution in [2.24, 2.45) is 12.8 Å². The van der Waals surface area contributed by atoms with Crippen molar-refractivity contribution in [1.29, 1.82) is 0 Å². The summed E-state index contributed by atoms with van der Waals surface area (Å²) in [6, 6.07) is 6.00. The van der Waals surface area contributed by atoms with Crippen LogP contribution < -0.4 is 10.5 Å². The Morgan fingerprint density at radius 2 is 2.21 bits per heavy atom. The van der Waals surface area contributed by atoms with E-state index in [1.807, 2.05) is 43.0 Å². The van der Waals surface area contributed by atoms with Crippen LogP contribution in [0.15, 0.2) is 28.9 Å². The van der Waals surface area contributed by atoms with Crippen molar-refractivity contribution in [3.63, 3.8) is 0 Å². The number of halogens is 1. The van der Waals surface area contributed by atoms with Gasteiger partial charge >= 0.3 is 0 Å². The van der Waals surface area contributed by atoms with Gasteiger partial charge in [0.2, 0.25) is 0 Å². The normalized spacial score (nSPS) is 21.9. The molecule has 0 bridgehead atoms. The molecule has 1 aliphatic heterocycles. The molecule has 100 valence electrons. The Morgan fingerprint density at radius 1 is 1.42 bits per heavy atom. The van der Waals surface area contributed by atoms with E-state index in [0.717, 1.165) is 33.5 Å². The number of rotatable bonds is 1. The monoisotopic (exact) mass is 321 g/mol. The van der Waals surface area contributed by atoms with Crippen molar-refractivity contribution in [2.75, 3.05) is 0 Å². The predicted octanol–water partition coefficient (Wildman–Crippen LogP) is 3.01. The van der Waals surface area contributed by atoms with Crippen molar-refractivity contribution in [2.45, 2.75) is 25.5 Å². The molecule has 0 saturated carbocycles. The highest BCUT2D eigenvalue weighted by Crippen LogP contribution is 2.41. The fraction of sp³-hybridized carbons (Fsp3) is 0.357. The molecule has 0 spiro atoms. The largest absolute Gasteiger partial charge is 0.485 e. The third kappa shape index (κ3) is 2.17. The molecule has 2 atom stereocenters. The minimum Gasteiger partial charge on any atom is -0.485 e. The molecular formula is C14H16BrN3O. The maximum Gasteiger partial charge on any atom is 0.129 e. The average Bonchev–Trinajstić information content (AvgIpc) is 2.69. The van der Waals surface area contributed by atoms with Gasteiger partial charge in [0.15, 0.2) is 0 Å². The number of aryl methyl sites for hydroxylation is 1. The predicted molar refractivity (Wildman–Crippen MR) is 77.0 cm³/mol. The summed E-state index contributed by atoms with van der Waals surface area (Å²) in [5, 5.41) is 4.28. The van der Waals surface area contributed by atoms with Gasteiger partial charge in [-0.25, -0.2) is 0 Å². The van der Waals surface area contributed by atoms with E-state index in [9.17, 15) is 0 Å². The number of aromatic nitrogens is 2. The molecule has 0 aliphatic carbocycles. The van der Waals surface area contributed by atoms with Gasteiger partial charge in [0.05, 0.1) is 6.20 Å². The Kier molecular flexibility index (Phi) is 3.11. The van der Waals surface area contributed by atoms with Crippen LogP contribution in [-0.2, 0) is 7.05 Å². The van der Waals surface area contributed by atoms with Crippen molar-refractivity contribution in [3.8, 4) is 5.75 Å². The second-order valence-corrected chi connectivity index (χ2v) is 5.86. The summed E-state index contributed by atoms with van der Waals surface area (Å²) in [6.07, 6.45) is 2.63. The molecule has 4 nitrogen and oxygen atoms in total. The molecule has 0 amide bonds. The molecule has 0 fully saturated rings. The fourth-order valence-electron chi connectivity index (χ4n) is 2.50. The first-order chi connectivity index (χ1) is 9.06. The van der Waals surface area contributed by atoms with Crippen LogP contribution in [-0.4, -0.2) is 9.78 Å². The quantitative estimate of drug-likeness (QED) is 0.878. The van der Waals surface area contributed by atoms with Gasteiger partial charge in [-0.1, -0.05) is 22.0 Å². The van der Waals surface area contributed by atoms with Crippen molar-refractivity contribution in [3.05, 3.63) is 45.7 Å². The zero-order valence-electron chi connectivity index (χ0n) is 10.9. The highest BCUT2D eigenvalue weighted by molar-refractivity contribution is 9.10. The maximum atomic E-state index is 6.26. The van der Waals surface area contributed by atoms with Crippen LogP contribution in [0.4, 0.5) is 0 Å². The van der Waals surface area contributed by atoms with E-state index in [2.05, 4.69) is 21.0 Å². The Balaban J connectivity index is 1.98. The third-order valence-corrected chi connectivity index (χ3v) is 4.23. The van der Waals surface area contributed by atoms with Gasteiger partial charge in [0, 0.05) is 40.8 Å². The van der Waals surface area contributed by atoms with Gasteiger partial charge in [-0.15, -0.1) is 0 Å². The van der Waals surface area contributed by atoms with Crippen LogP contribution >= 0.6 is 15.9 Å². The number of nitrogens with two attached hydrogens (primary N) is 1. The lowest BCUT2D eigenvalue weighted by molar-refractivity contribution is 0.160. The van der Waals surface area contributed by atoms with E-state index < -0.39 is 0 Å². The summed E-state index contributed by atoms with van der Waals surface area (Å²) in [5.41, 5.74) is 9.56. The molecule has 19 heavy (non-hydrogen) atoms. The second-order valence-electron chi connectivity index (χ2n) is 4.94. The Hall–Kier alpha value is -1.33. The topological polar surface area (TPSA) is 53.1 Å². The third-order valence-electron chi connectivity index (χ3n) is 3.73. The zero-order chi connectivity index (χ0) is 13.6. The van der Waals surface area contributed by atoms with Gasteiger partial charge in [0.1, 0.15) is 11.9 Å². The van der Waals surface area contributed by atoms with Gasteiger partial charge in [-0.05, 0) is 19.1 Å². The van der Waals surface area contributed by atoms with Crippen LogP contribution in [0.25, 0.3) is 0 Å². The number of hydrogen-bond acceptors (Lipinski definition) is 3. The van der Waals surface area contributed by atoms with Crippen LogP contribution in [0, 0.1) is 6.92 Å². The van der Waals surface area contributed by atoms with Gasteiger partial charge < -0.3 is 10.5 Å². The number of benzene rings is 1. The van der Waals surface area contributed by atoms with E-state index in [1.54, 1.807) is 0 Å². The van der Waals surface area contributed by atoms with E-state index in [-0.39, 0.29) is 12.1 Å². The minimum absolute atomic E-state index is 0.00135. The van der Waals surface area contributed by atoms with Gasteiger partial charge in [-0.2, -0.15) is 5.10 Å². The second kappa shape index (κ2) is 4.65. The summed E-state index contributed by atoms with van der Waals surface area (Å²) in [4.78, 5) is 0. The van der Waals surface area contributed by atoms with E-state index in [0.29, 0.717) is 0 Å². The molecular weight excluding hydrogens is 306 g/mol. The molecule has 1 aromatic heterocycles. The molecule has 1 aliphatic rings. The van der Waals surface area contributed by atoms with Gasteiger partial charge in [-0.3, -0.25) is 4.68 Å². The first-order valence-electron chi connectivity index (χ1n) is 6.26. The lowest BCUT2D eigenvalue weighted by Gasteiger charge is -2.30. The molecule has 2 unspecified atom stereocenters. The Bertz CT molecular complexity index is 623. The molecule has 2 N–H and O–H groups in total. The molecule has 1 aromatic carbocycles. The molecule has 5 heteroatoms. The zero-order valence-corrected chi connectivity index (χ0v) is 12.5. The summed E-state index contributed by atoms with van der Waals surface area (Å²) in [5.74, 6) is 0.862. The first-order valence-corrected chi connectivity index (χ1v) is 7.05.